The molecule has 0 spiro atoms. The summed E-state index contributed by atoms with van der Waals surface area (Å²) in [5.41, 5.74) is 2.42. The predicted octanol–water partition coefficient (Wildman–Crippen LogP) is 3.94. The van der Waals surface area contributed by atoms with Crippen molar-refractivity contribution in [2.24, 2.45) is 5.41 Å². The summed E-state index contributed by atoms with van der Waals surface area (Å²) in [6.07, 6.45) is 0.786. The predicted molar refractivity (Wildman–Crippen MR) is 86.3 cm³/mol. The molecule has 0 heterocycles. The van der Waals surface area contributed by atoms with E-state index in [1.165, 1.54) is 0 Å². The summed E-state index contributed by atoms with van der Waals surface area (Å²) in [6.45, 7) is 12.2. The smallest absolute Gasteiger partial charge is 0.339 e. The van der Waals surface area contributed by atoms with Crippen LogP contribution in [0.3, 0.4) is 0 Å². The second-order valence-corrected chi connectivity index (χ2v) is 6.54. The molecule has 0 unspecified atom stereocenters. The van der Waals surface area contributed by atoms with Crippen LogP contribution >= 0.6 is 0 Å². The van der Waals surface area contributed by atoms with E-state index in [0.29, 0.717) is 6.61 Å². The van der Waals surface area contributed by atoms with Crippen LogP contribution in [-0.4, -0.2) is 25.2 Å². The first-order chi connectivity index (χ1) is 10.2. The molecule has 0 bridgehead atoms. The highest BCUT2D eigenvalue weighted by Crippen LogP contribution is 2.21. The normalized spacial score (nSPS) is 11.2. The van der Waals surface area contributed by atoms with Crippen molar-refractivity contribution in [1.29, 1.82) is 0 Å². The number of esters is 2. The van der Waals surface area contributed by atoms with Crippen LogP contribution in [0.4, 0.5) is 0 Å². The van der Waals surface area contributed by atoms with Gasteiger partial charge in [0.1, 0.15) is 0 Å². The van der Waals surface area contributed by atoms with Gasteiger partial charge in [0.2, 0.25) is 0 Å². The molecule has 0 saturated carbocycles. The molecule has 1 rings (SSSR count). The van der Waals surface area contributed by atoms with Gasteiger partial charge >= 0.3 is 11.9 Å². The van der Waals surface area contributed by atoms with Crippen LogP contribution in [0, 0.1) is 12.3 Å². The van der Waals surface area contributed by atoms with E-state index in [1.807, 2.05) is 34.6 Å². The minimum absolute atomic E-state index is 0.127. The molecule has 0 aromatic heterocycles. The van der Waals surface area contributed by atoms with Crippen molar-refractivity contribution in [3.63, 3.8) is 0 Å². The summed E-state index contributed by atoms with van der Waals surface area (Å²) < 4.78 is 10.4. The van der Waals surface area contributed by atoms with Gasteiger partial charge < -0.3 is 9.47 Å². The largest absolute Gasteiger partial charge is 0.462 e. The van der Waals surface area contributed by atoms with E-state index in [4.69, 9.17) is 9.47 Å². The summed E-state index contributed by atoms with van der Waals surface area (Å²) >= 11 is 0. The van der Waals surface area contributed by atoms with Crippen LogP contribution in [0.25, 0.3) is 0 Å². The fraction of sp³-hybridized carbons (Fsp3) is 0.556. The number of carbonyl (C=O) groups excluding carboxylic acids is 2. The van der Waals surface area contributed by atoms with E-state index < -0.39 is 11.9 Å². The van der Waals surface area contributed by atoms with E-state index in [2.05, 4.69) is 0 Å². The quantitative estimate of drug-likeness (QED) is 0.773. The summed E-state index contributed by atoms with van der Waals surface area (Å²) in [6, 6.07) is 3.46. The first-order valence-corrected chi connectivity index (χ1v) is 7.67. The van der Waals surface area contributed by atoms with Crippen molar-refractivity contribution in [1.82, 2.24) is 0 Å². The summed E-state index contributed by atoms with van der Waals surface area (Å²) in [7, 11) is 0. The van der Waals surface area contributed by atoms with Crippen LogP contribution in [0.5, 0.6) is 0 Å². The summed E-state index contributed by atoms with van der Waals surface area (Å²) in [5.74, 6) is -0.969. The minimum Gasteiger partial charge on any atom is -0.462 e. The Hall–Kier alpha value is -1.84. The van der Waals surface area contributed by atoms with Crippen molar-refractivity contribution in [2.75, 3.05) is 13.2 Å². The molecule has 0 amide bonds. The molecule has 0 N–H and O–H groups in total. The van der Waals surface area contributed by atoms with Crippen molar-refractivity contribution in [2.45, 2.75) is 48.0 Å². The highest BCUT2D eigenvalue weighted by Gasteiger charge is 2.22. The van der Waals surface area contributed by atoms with E-state index in [-0.39, 0.29) is 23.1 Å². The maximum absolute atomic E-state index is 12.4. The third-order valence-electron chi connectivity index (χ3n) is 3.21. The van der Waals surface area contributed by atoms with Gasteiger partial charge in [0, 0.05) is 0 Å². The van der Waals surface area contributed by atoms with E-state index in [1.54, 1.807) is 19.1 Å². The molecule has 122 valence electrons. The zero-order valence-corrected chi connectivity index (χ0v) is 14.4. The van der Waals surface area contributed by atoms with Crippen LogP contribution < -0.4 is 0 Å². The lowest BCUT2D eigenvalue weighted by atomic mass is 9.97. The molecule has 22 heavy (non-hydrogen) atoms. The molecule has 0 aliphatic rings. The zero-order chi connectivity index (χ0) is 16.9. The molecule has 1 aromatic carbocycles. The lowest BCUT2D eigenvalue weighted by Crippen LogP contribution is -2.21. The lowest BCUT2D eigenvalue weighted by Gasteiger charge is -2.19. The number of rotatable bonds is 5. The third kappa shape index (κ3) is 4.86. The number of aryl methyl sites for hydroxylation is 2. The van der Waals surface area contributed by atoms with Gasteiger partial charge in [-0.2, -0.15) is 0 Å². The van der Waals surface area contributed by atoms with E-state index in [9.17, 15) is 9.59 Å². The number of benzene rings is 1. The Balaban J connectivity index is 3.18. The molecule has 4 nitrogen and oxygen atoms in total. The van der Waals surface area contributed by atoms with Crippen molar-refractivity contribution < 1.29 is 19.1 Å². The van der Waals surface area contributed by atoms with Gasteiger partial charge in [0.05, 0.1) is 24.3 Å². The average molecular weight is 306 g/mol. The standard InChI is InChI=1S/C18H26O4/c1-7-13-10-15(17(20)22-11-18(4,5)6)14(9-12(13)3)16(19)21-8-2/h9-10H,7-8,11H2,1-6H3. The molecule has 1 aromatic rings. The van der Waals surface area contributed by atoms with Gasteiger partial charge in [-0.15, -0.1) is 0 Å². The lowest BCUT2D eigenvalue weighted by molar-refractivity contribution is 0.0354. The number of carbonyl (C=O) groups is 2. The highest BCUT2D eigenvalue weighted by molar-refractivity contribution is 6.03. The molecule has 0 fully saturated rings. The van der Waals surface area contributed by atoms with Crippen LogP contribution in [0.15, 0.2) is 12.1 Å². The van der Waals surface area contributed by atoms with E-state index in [0.717, 1.165) is 17.5 Å². The Morgan fingerprint density at radius 3 is 2.05 bits per heavy atom. The second-order valence-electron chi connectivity index (χ2n) is 6.54. The Morgan fingerprint density at radius 2 is 1.55 bits per heavy atom. The van der Waals surface area contributed by atoms with Gasteiger partial charge in [-0.3, -0.25) is 0 Å². The molecule has 0 radical (unpaired) electrons. The number of ether oxygens (including phenoxy) is 2. The van der Waals surface area contributed by atoms with Gasteiger partial charge in [-0.05, 0) is 48.9 Å². The average Bonchev–Trinajstić information content (AvgIpc) is 2.43. The Bertz CT molecular complexity index is 553. The van der Waals surface area contributed by atoms with Crippen molar-refractivity contribution in [3.05, 3.63) is 34.4 Å². The summed E-state index contributed by atoms with van der Waals surface area (Å²) in [5, 5.41) is 0. The fourth-order valence-corrected chi connectivity index (χ4v) is 2.04. The first-order valence-electron chi connectivity index (χ1n) is 7.67. The maximum Gasteiger partial charge on any atom is 0.339 e. The Kier molecular flexibility index (Phi) is 6.15. The molecule has 0 saturated heterocycles. The van der Waals surface area contributed by atoms with Gasteiger partial charge in [0.25, 0.3) is 0 Å². The summed E-state index contributed by atoms with van der Waals surface area (Å²) in [4.78, 5) is 24.5. The minimum atomic E-state index is -0.490. The van der Waals surface area contributed by atoms with Gasteiger partial charge in [0.15, 0.2) is 0 Å². The second kappa shape index (κ2) is 7.43. The fourth-order valence-electron chi connectivity index (χ4n) is 2.04. The molecule has 0 aliphatic carbocycles. The first kappa shape index (κ1) is 18.2. The molecule has 0 aliphatic heterocycles. The Morgan fingerprint density at radius 1 is 1.00 bits per heavy atom. The topological polar surface area (TPSA) is 52.6 Å². The Labute approximate surface area is 132 Å². The third-order valence-corrected chi connectivity index (χ3v) is 3.21. The number of hydrogen-bond donors (Lipinski definition) is 0. The number of hydrogen-bond acceptors (Lipinski definition) is 4. The van der Waals surface area contributed by atoms with Gasteiger partial charge in [-0.25, -0.2) is 9.59 Å². The van der Waals surface area contributed by atoms with Crippen molar-refractivity contribution >= 4 is 11.9 Å². The monoisotopic (exact) mass is 306 g/mol. The van der Waals surface area contributed by atoms with Crippen LogP contribution in [0.1, 0.15) is 66.5 Å². The molecule has 0 atom stereocenters. The highest BCUT2D eigenvalue weighted by atomic mass is 16.5. The zero-order valence-electron chi connectivity index (χ0n) is 14.4. The van der Waals surface area contributed by atoms with Crippen molar-refractivity contribution in [3.8, 4) is 0 Å². The van der Waals surface area contributed by atoms with Gasteiger partial charge in [-0.1, -0.05) is 27.7 Å². The van der Waals surface area contributed by atoms with Crippen LogP contribution in [-0.2, 0) is 15.9 Å². The molecular formula is C18H26O4. The molecular weight excluding hydrogens is 280 g/mol. The SMILES string of the molecule is CCOC(=O)c1cc(C)c(CC)cc1C(=O)OCC(C)(C)C. The maximum atomic E-state index is 12.4. The van der Waals surface area contributed by atoms with E-state index >= 15 is 0 Å². The molecule has 4 heteroatoms. The van der Waals surface area contributed by atoms with Crippen LogP contribution in [0.2, 0.25) is 0 Å².